The largest absolute Gasteiger partial charge is 0.457 e. The van der Waals surface area contributed by atoms with E-state index in [-0.39, 0.29) is 45.5 Å². The van der Waals surface area contributed by atoms with Gasteiger partial charge in [-0.3, -0.25) is 14.4 Å². The predicted molar refractivity (Wildman–Crippen MR) is 172 cm³/mol. The Morgan fingerprint density at radius 3 is 1.98 bits per heavy atom. The maximum atomic E-state index is 13.8. The second kappa shape index (κ2) is 12.8. The molecule has 1 amide bonds. The first-order valence-electron chi connectivity index (χ1n) is 15.2. The molecule has 0 unspecified atom stereocenters. The monoisotopic (exact) mass is 573 g/mol. The lowest BCUT2D eigenvalue weighted by molar-refractivity contribution is 0.0976. The van der Waals surface area contributed by atoms with Gasteiger partial charge in [-0.2, -0.15) is 0 Å². The highest BCUT2D eigenvalue weighted by atomic mass is 16.5. The number of unbranched alkanes of at least 4 members (excludes halogenated alkanes) is 4. The van der Waals surface area contributed by atoms with Crippen molar-refractivity contribution in [1.82, 2.24) is 0 Å². The Morgan fingerprint density at radius 1 is 0.721 bits per heavy atom. The van der Waals surface area contributed by atoms with Crippen LogP contribution in [-0.2, 0) is 11.8 Å². The van der Waals surface area contributed by atoms with Gasteiger partial charge in [0.25, 0.3) is 5.91 Å². The third-order valence-corrected chi connectivity index (χ3v) is 8.02. The maximum Gasteiger partial charge on any atom is 0.255 e. The first kappa shape index (κ1) is 30.0. The summed E-state index contributed by atoms with van der Waals surface area (Å²) in [4.78, 5) is 40.9. The van der Waals surface area contributed by atoms with Crippen LogP contribution in [0.15, 0.2) is 84.9 Å². The summed E-state index contributed by atoms with van der Waals surface area (Å²) >= 11 is 0. The van der Waals surface area contributed by atoms with Crippen LogP contribution in [0, 0.1) is 0 Å². The minimum Gasteiger partial charge on any atom is -0.457 e. The van der Waals surface area contributed by atoms with Crippen molar-refractivity contribution >= 4 is 23.2 Å². The number of benzene rings is 4. The van der Waals surface area contributed by atoms with Crippen molar-refractivity contribution in [2.75, 3.05) is 5.32 Å². The maximum absolute atomic E-state index is 13.8. The number of hydrogen-bond donors (Lipinski definition) is 1. The number of nitrogens with one attached hydrogen (secondary N) is 1. The fraction of sp³-hybridized carbons (Fsp3) is 0.289. The number of ether oxygens (including phenoxy) is 1. The van der Waals surface area contributed by atoms with E-state index in [0.717, 1.165) is 18.4 Å². The lowest BCUT2D eigenvalue weighted by Crippen LogP contribution is -2.24. The average Bonchev–Trinajstić information content (AvgIpc) is 3.00. The van der Waals surface area contributed by atoms with Crippen LogP contribution in [0.25, 0.3) is 0 Å². The topological polar surface area (TPSA) is 72.5 Å². The van der Waals surface area contributed by atoms with E-state index in [1.165, 1.54) is 31.2 Å². The lowest BCUT2D eigenvalue weighted by atomic mass is 9.82. The van der Waals surface area contributed by atoms with Crippen LogP contribution in [0.4, 0.5) is 5.69 Å². The van der Waals surface area contributed by atoms with E-state index >= 15 is 0 Å². The zero-order chi connectivity index (χ0) is 30.6. The molecule has 1 N–H and O–H groups in total. The number of ketones is 2. The van der Waals surface area contributed by atoms with Crippen LogP contribution in [0.1, 0.15) is 113 Å². The fourth-order valence-electron chi connectivity index (χ4n) is 5.48. The zero-order valence-electron chi connectivity index (χ0n) is 25.5. The van der Waals surface area contributed by atoms with E-state index in [9.17, 15) is 14.4 Å². The van der Waals surface area contributed by atoms with E-state index in [1.54, 1.807) is 36.4 Å². The first-order valence-corrected chi connectivity index (χ1v) is 15.2. The van der Waals surface area contributed by atoms with Crippen LogP contribution >= 0.6 is 0 Å². The molecule has 43 heavy (non-hydrogen) atoms. The normalized spacial score (nSPS) is 12.5. The average molecular weight is 574 g/mol. The van der Waals surface area contributed by atoms with Crippen LogP contribution < -0.4 is 10.1 Å². The summed E-state index contributed by atoms with van der Waals surface area (Å²) in [6, 6.07) is 25.3. The third-order valence-electron chi connectivity index (χ3n) is 8.02. The van der Waals surface area contributed by atoms with Gasteiger partial charge in [0.2, 0.25) is 0 Å². The Balaban J connectivity index is 1.43. The van der Waals surface area contributed by atoms with Gasteiger partial charge < -0.3 is 10.1 Å². The summed E-state index contributed by atoms with van der Waals surface area (Å²) in [6.07, 6.45) is 7.06. The smallest absolute Gasteiger partial charge is 0.255 e. The highest BCUT2D eigenvalue weighted by Crippen LogP contribution is 2.39. The molecule has 0 aliphatic heterocycles. The number of hydrogen-bond acceptors (Lipinski definition) is 4. The quantitative estimate of drug-likeness (QED) is 0.169. The summed E-state index contributed by atoms with van der Waals surface area (Å²) in [5.74, 6) is -0.162. The van der Waals surface area contributed by atoms with Crippen LogP contribution in [0.3, 0.4) is 0 Å². The molecule has 1 aliphatic rings. The molecule has 220 valence electrons. The molecule has 0 heterocycles. The van der Waals surface area contributed by atoms with Gasteiger partial charge in [-0.05, 0) is 65.8 Å². The molecule has 0 fully saturated rings. The Bertz CT molecular complexity index is 1640. The number of carbonyl (C=O) groups excluding carboxylic acids is 3. The van der Waals surface area contributed by atoms with Crippen molar-refractivity contribution in [1.29, 1.82) is 0 Å². The molecular formula is C38H39NO4. The Kier molecular flexibility index (Phi) is 8.91. The molecule has 5 heteroatoms. The lowest BCUT2D eigenvalue weighted by Gasteiger charge is -2.23. The Hall–Kier alpha value is -4.51. The van der Waals surface area contributed by atoms with E-state index < -0.39 is 0 Å². The Labute approximate surface area is 254 Å². The van der Waals surface area contributed by atoms with Crippen molar-refractivity contribution in [2.24, 2.45) is 0 Å². The van der Waals surface area contributed by atoms with Crippen molar-refractivity contribution in [3.63, 3.8) is 0 Å². The summed E-state index contributed by atoms with van der Waals surface area (Å²) in [6.45, 7) is 8.62. The molecule has 5 nitrogen and oxygen atoms in total. The predicted octanol–water partition coefficient (Wildman–Crippen LogP) is 9.32. The molecule has 1 aliphatic carbocycles. The molecule has 0 atom stereocenters. The molecule has 4 aromatic rings. The molecule has 0 saturated heterocycles. The molecule has 0 aromatic heterocycles. The fourth-order valence-corrected chi connectivity index (χ4v) is 5.48. The number of carbonyl (C=O) groups is 3. The van der Waals surface area contributed by atoms with E-state index in [2.05, 4.69) is 33.0 Å². The molecule has 5 rings (SSSR count). The van der Waals surface area contributed by atoms with Gasteiger partial charge in [0, 0.05) is 16.7 Å². The summed E-state index contributed by atoms with van der Waals surface area (Å²) in [5, 5.41) is 2.90. The van der Waals surface area contributed by atoms with Gasteiger partial charge in [-0.25, -0.2) is 0 Å². The van der Waals surface area contributed by atoms with Gasteiger partial charge in [-0.15, -0.1) is 0 Å². The number of rotatable bonds is 10. The number of amides is 1. The van der Waals surface area contributed by atoms with Gasteiger partial charge in [0.15, 0.2) is 11.6 Å². The standard InChI is InChI=1S/C38H39NO4/c1-5-6-7-8-9-12-25-15-17-26(18-16-25)37(42)39-31-23-24-32(43-28-21-19-27(20-22-28)38(2,3)4)34-33(31)35(40)29-13-10-11-14-30(29)36(34)41/h10-11,13-24H,5-9,12H2,1-4H3,(H,39,42). The molecule has 0 spiro atoms. The second-order valence-corrected chi connectivity index (χ2v) is 12.3. The van der Waals surface area contributed by atoms with Crippen LogP contribution in [0.2, 0.25) is 0 Å². The molecule has 0 bridgehead atoms. The van der Waals surface area contributed by atoms with Crippen LogP contribution in [-0.4, -0.2) is 17.5 Å². The van der Waals surface area contributed by atoms with Gasteiger partial charge >= 0.3 is 0 Å². The van der Waals surface area contributed by atoms with Crippen molar-refractivity contribution in [3.8, 4) is 11.5 Å². The summed E-state index contributed by atoms with van der Waals surface area (Å²) in [7, 11) is 0. The van der Waals surface area contributed by atoms with Crippen molar-refractivity contribution < 1.29 is 19.1 Å². The number of aryl methyl sites for hydroxylation is 1. The third kappa shape index (κ3) is 6.61. The SMILES string of the molecule is CCCCCCCc1ccc(C(=O)Nc2ccc(Oc3ccc(C(C)(C)C)cc3)c3c2C(=O)c2ccccc2C3=O)cc1. The summed E-state index contributed by atoms with van der Waals surface area (Å²) < 4.78 is 6.20. The zero-order valence-corrected chi connectivity index (χ0v) is 25.5. The van der Waals surface area contributed by atoms with Crippen molar-refractivity contribution in [3.05, 3.63) is 124 Å². The summed E-state index contributed by atoms with van der Waals surface area (Å²) in [5.41, 5.74) is 4.02. The Morgan fingerprint density at radius 2 is 1.35 bits per heavy atom. The van der Waals surface area contributed by atoms with Gasteiger partial charge in [-0.1, -0.05) is 102 Å². The molecule has 0 radical (unpaired) electrons. The number of fused-ring (bicyclic) bond motifs is 2. The highest BCUT2D eigenvalue weighted by Gasteiger charge is 2.35. The molecule has 0 saturated carbocycles. The van der Waals surface area contributed by atoms with Gasteiger partial charge in [0.1, 0.15) is 11.5 Å². The number of anilines is 1. The van der Waals surface area contributed by atoms with Crippen molar-refractivity contribution in [2.45, 2.75) is 71.6 Å². The second-order valence-electron chi connectivity index (χ2n) is 12.3. The highest BCUT2D eigenvalue weighted by molar-refractivity contribution is 6.31. The van der Waals surface area contributed by atoms with E-state index in [1.807, 2.05) is 48.5 Å². The van der Waals surface area contributed by atoms with Crippen LogP contribution in [0.5, 0.6) is 11.5 Å². The molecule has 4 aromatic carbocycles. The minimum atomic E-state index is -0.345. The first-order chi connectivity index (χ1) is 20.7. The van der Waals surface area contributed by atoms with E-state index in [4.69, 9.17) is 4.74 Å². The minimum absolute atomic E-state index is 0.0157. The van der Waals surface area contributed by atoms with Gasteiger partial charge in [0.05, 0.1) is 16.8 Å². The molecular weight excluding hydrogens is 534 g/mol. The van der Waals surface area contributed by atoms with E-state index in [0.29, 0.717) is 22.4 Å².